The summed E-state index contributed by atoms with van der Waals surface area (Å²) in [7, 11) is 0. The quantitative estimate of drug-likeness (QED) is 0.444. The Kier molecular flexibility index (Phi) is 9.99. The zero-order valence-electron chi connectivity index (χ0n) is 13.0. The monoisotopic (exact) mass is 358 g/mol. The number of hydrogen-bond donors (Lipinski definition) is 3. The van der Waals surface area contributed by atoms with Gasteiger partial charge in [-0.3, -0.25) is 0 Å². The molecule has 9 nitrogen and oxygen atoms in total. The van der Waals surface area contributed by atoms with Gasteiger partial charge in [-0.15, -0.1) is 0 Å². The van der Waals surface area contributed by atoms with E-state index in [9.17, 15) is 35.1 Å². The van der Waals surface area contributed by atoms with Gasteiger partial charge in [-0.1, -0.05) is 12.1 Å². The molecule has 1 fully saturated rings. The predicted octanol–water partition coefficient (Wildman–Crippen LogP) is -10.0. The number of carbonyl (C=O) groups excluding carboxylic acids is 2. The predicted molar refractivity (Wildman–Crippen MR) is 63.1 cm³/mol. The maximum absolute atomic E-state index is 10.9. The Hall–Kier alpha value is -0.200. The topological polar surface area (TPSA) is 159 Å². The van der Waals surface area contributed by atoms with Gasteiger partial charge >= 0.3 is 59.1 Å². The molecule has 1 saturated heterocycles. The molecular weight excluding hydrogens is 346 g/mol. The van der Waals surface area contributed by atoms with E-state index in [2.05, 4.69) is 0 Å². The molecule has 0 aromatic heterocycles. The SMILES string of the molecule is O=C([O-])c1ccccc1O[C@@H]1O[C@H](C(=O)[O-])[C@@H](O)[C@H](O)[C@H]1O.[Na+].[Na+]. The number of benzene rings is 1. The van der Waals surface area contributed by atoms with Crippen LogP contribution in [0, 0.1) is 0 Å². The van der Waals surface area contributed by atoms with Gasteiger partial charge in [0.05, 0.1) is 11.9 Å². The fraction of sp³-hybridized carbons (Fsp3) is 0.385. The number of aromatic carboxylic acids is 1. The first-order valence-corrected chi connectivity index (χ1v) is 6.20. The normalized spacial score (nSPS) is 28.9. The molecule has 0 amide bonds. The van der Waals surface area contributed by atoms with Gasteiger partial charge in [-0.25, -0.2) is 0 Å². The summed E-state index contributed by atoms with van der Waals surface area (Å²) in [4.78, 5) is 21.8. The third-order valence-electron chi connectivity index (χ3n) is 3.15. The molecule has 0 unspecified atom stereocenters. The van der Waals surface area contributed by atoms with Crippen LogP contribution < -0.4 is 74.1 Å². The molecule has 0 bridgehead atoms. The van der Waals surface area contributed by atoms with Crippen LogP contribution in [-0.2, 0) is 9.53 Å². The molecule has 1 heterocycles. The summed E-state index contributed by atoms with van der Waals surface area (Å²) in [5.74, 6) is -3.63. The number of rotatable bonds is 4. The Morgan fingerprint density at radius 2 is 1.58 bits per heavy atom. The van der Waals surface area contributed by atoms with Crippen LogP contribution in [-0.4, -0.2) is 58.0 Å². The first-order chi connectivity index (χ1) is 10.3. The number of aliphatic carboxylic acids is 1. The smallest absolute Gasteiger partial charge is 0.547 e. The molecule has 1 aliphatic heterocycles. The number of para-hydroxylation sites is 1. The van der Waals surface area contributed by atoms with E-state index in [0.29, 0.717) is 0 Å². The van der Waals surface area contributed by atoms with Gasteiger partial charge in [0.15, 0.2) is 0 Å². The average molecular weight is 358 g/mol. The standard InChI is InChI=1S/C13H14O9.2Na/c14-7-8(15)10(12(19)20)22-13(9(7)16)21-6-4-2-1-3-5(6)11(17)18;;/h1-4,7-10,13-16H,(H,17,18)(H,19,20);;/q;2*+1/p-2/t7-,8-,9+,10-,13+;;/m0../s1. The van der Waals surface area contributed by atoms with E-state index in [0.717, 1.165) is 0 Å². The fourth-order valence-electron chi connectivity index (χ4n) is 2.00. The zero-order chi connectivity index (χ0) is 16.4. The van der Waals surface area contributed by atoms with Crippen molar-refractivity contribution in [2.45, 2.75) is 30.7 Å². The van der Waals surface area contributed by atoms with Crippen LogP contribution >= 0.6 is 0 Å². The molecule has 11 heteroatoms. The van der Waals surface area contributed by atoms with Gasteiger partial charge in [0.1, 0.15) is 30.2 Å². The molecule has 120 valence electrons. The largest absolute Gasteiger partial charge is 1.00 e. The van der Waals surface area contributed by atoms with Gasteiger partial charge in [-0.05, 0) is 12.1 Å². The van der Waals surface area contributed by atoms with E-state index in [1.54, 1.807) is 0 Å². The van der Waals surface area contributed by atoms with Crippen molar-refractivity contribution >= 4 is 11.9 Å². The third-order valence-corrected chi connectivity index (χ3v) is 3.15. The van der Waals surface area contributed by atoms with Crippen molar-refractivity contribution in [2.24, 2.45) is 0 Å². The first-order valence-electron chi connectivity index (χ1n) is 6.20. The summed E-state index contributed by atoms with van der Waals surface area (Å²) in [5.41, 5.74) is -0.357. The number of hydrogen-bond acceptors (Lipinski definition) is 9. The minimum absolute atomic E-state index is 0. The number of ether oxygens (including phenoxy) is 2. The van der Waals surface area contributed by atoms with Crippen molar-refractivity contribution in [3.8, 4) is 5.75 Å². The van der Waals surface area contributed by atoms with Crippen LogP contribution in [0.15, 0.2) is 24.3 Å². The van der Waals surface area contributed by atoms with Crippen LogP contribution in [0.1, 0.15) is 10.4 Å². The van der Waals surface area contributed by atoms with E-state index in [1.165, 1.54) is 24.3 Å². The van der Waals surface area contributed by atoms with Crippen LogP contribution in [0.3, 0.4) is 0 Å². The molecule has 1 aliphatic rings. The Morgan fingerprint density at radius 1 is 1.00 bits per heavy atom. The van der Waals surface area contributed by atoms with E-state index >= 15 is 0 Å². The van der Waals surface area contributed by atoms with Crippen molar-refractivity contribution in [3.05, 3.63) is 29.8 Å². The van der Waals surface area contributed by atoms with Crippen molar-refractivity contribution < 1.29 is 104 Å². The average Bonchev–Trinajstić information content (AvgIpc) is 2.47. The van der Waals surface area contributed by atoms with Gasteiger partial charge in [-0.2, -0.15) is 0 Å². The summed E-state index contributed by atoms with van der Waals surface area (Å²) in [6.45, 7) is 0. The number of carboxylic acid groups (broad SMARTS) is 2. The van der Waals surface area contributed by atoms with Crippen LogP contribution in [0.2, 0.25) is 0 Å². The third kappa shape index (κ3) is 5.15. The minimum atomic E-state index is -1.95. The summed E-state index contributed by atoms with van der Waals surface area (Å²) in [6.07, 6.45) is -9.27. The molecule has 2 rings (SSSR count). The fourth-order valence-corrected chi connectivity index (χ4v) is 2.00. The van der Waals surface area contributed by atoms with Crippen molar-refractivity contribution in [1.82, 2.24) is 0 Å². The Bertz CT molecular complexity index is 582. The molecule has 0 aliphatic carbocycles. The number of aliphatic hydroxyl groups is 3. The van der Waals surface area contributed by atoms with Crippen molar-refractivity contribution in [3.63, 3.8) is 0 Å². The second kappa shape index (κ2) is 10.1. The van der Waals surface area contributed by atoms with Gasteiger partial charge < -0.3 is 44.6 Å². The molecule has 3 N–H and O–H groups in total. The van der Waals surface area contributed by atoms with E-state index in [-0.39, 0.29) is 70.4 Å². The second-order valence-corrected chi connectivity index (χ2v) is 4.62. The van der Waals surface area contributed by atoms with Gasteiger partial charge in [0.2, 0.25) is 6.29 Å². The summed E-state index contributed by atoms with van der Waals surface area (Å²) in [6, 6.07) is 5.23. The van der Waals surface area contributed by atoms with Crippen LogP contribution in [0.25, 0.3) is 0 Å². The zero-order valence-corrected chi connectivity index (χ0v) is 17.0. The summed E-state index contributed by atoms with van der Waals surface area (Å²) >= 11 is 0. The summed E-state index contributed by atoms with van der Waals surface area (Å²) < 4.78 is 9.93. The van der Waals surface area contributed by atoms with Crippen LogP contribution in [0.4, 0.5) is 0 Å². The first kappa shape index (κ1) is 23.8. The Morgan fingerprint density at radius 3 is 2.12 bits per heavy atom. The Balaban J connectivity index is 0.00000264. The van der Waals surface area contributed by atoms with Crippen molar-refractivity contribution in [1.29, 1.82) is 0 Å². The molecule has 1 aromatic rings. The van der Waals surface area contributed by atoms with E-state index in [4.69, 9.17) is 9.47 Å². The van der Waals surface area contributed by atoms with Gasteiger partial charge in [0.25, 0.3) is 0 Å². The van der Waals surface area contributed by atoms with Gasteiger partial charge in [0, 0.05) is 5.56 Å². The molecule has 0 radical (unpaired) electrons. The van der Waals surface area contributed by atoms with Crippen molar-refractivity contribution in [2.75, 3.05) is 0 Å². The number of carbonyl (C=O) groups is 2. The minimum Gasteiger partial charge on any atom is -0.547 e. The Labute approximate surface area is 180 Å². The summed E-state index contributed by atoms with van der Waals surface area (Å²) in [5, 5.41) is 50.7. The maximum atomic E-state index is 10.9. The van der Waals surface area contributed by atoms with E-state index < -0.39 is 42.6 Å². The molecule has 0 spiro atoms. The molecule has 0 saturated carbocycles. The molecule has 24 heavy (non-hydrogen) atoms. The van der Waals surface area contributed by atoms with Crippen LogP contribution in [0.5, 0.6) is 5.75 Å². The molecule has 1 aromatic carbocycles. The van der Waals surface area contributed by atoms with E-state index in [1.807, 2.05) is 0 Å². The maximum Gasteiger partial charge on any atom is 1.00 e. The molecule has 5 atom stereocenters. The number of aliphatic hydroxyl groups excluding tert-OH is 3. The second-order valence-electron chi connectivity index (χ2n) is 4.62. The molecular formula is C13H12Na2O9. The number of carboxylic acids is 2.